The molecule has 5 heteroatoms. The standard InChI is InChI=1S/C12H17N5/c1-3-10-15-11(9-6-14-7-16(9)2)12(13)17(10)8-4-5-8/h6-8H,3-5,13H2,1-2H3. The third-order valence-electron chi connectivity index (χ3n) is 3.31. The van der Waals surface area contributed by atoms with E-state index in [2.05, 4.69) is 21.5 Å². The summed E-state index contributed by atoms with van der Waals surface area (Å²) in [7, 11) is 1.96. The molecule has 5 nitrogen and oxygen atoms in total. The molecule has 90 valence electrons. The first-order chi connectivity index (χ1) is 8.22. The van der Waals surface area contributed by atoms with Crippen LogP contribution in [0.5, 0.6) is 0 Å². The third kappa shape index (κ3) is 1.53. The van der Waals surface area contributed by atoms with Crippen molar-refractivity contribution >= 4 is 5.82 Å². The minimum absolute atomic E-state index is 0.569. The Bertz CT molecular complexity index is 547. The van der Waals surface area contributed by atoms with Crippen LogP contribution in [0.1, 0.15) is 31.6 Å². The van der Waals surface area contributed by atoms with Crippen LogP contribution in [0, 0.1) is 0 Å². The molecule has 0 atom stereocenters. The molecule has 1 saturated carbocycles. The van der Waals surface area contributed by atoms with E-state index in [9.17, 15) is 0 Å². The summed E-state index contributed by atoms with van der Waals surface area (Å²) in [5.74, 6) is 1.87. The van der Waals surface area contributed by atoms with E-state index in [0.29, 0.717) is 6.04 Å². The van der Waals surface area contributed by atoms with Gasteiger partial charge in [-0.15, -0.1) is 0 Å². The van der Waals surface area contributed by atoms with Gasteiger partial charge in [-0.25, -0.2) is 9.97 Å². The first-order valence-corrected chi connectivity index (χ1v) is 6.05. The van der Waals surface area contributed by atoms with Crippen LogP contribution in [0.25, 0.3) is 11.4 Å². The van der Waals surface area contributed by atoms with Gasteiger partial charge in [0.25, 0.3) is 0 Å². The van der Waals surface area contributed by atoms with Crippen LogP contribution in [0.3, 0.4) is 0 Å². The van der Waals surface area contributed by atoms with Gasteiger partial charge < -0.3 is 14.9 Å². The number of nitrogens with two attached hydrogens (primary N) is 1. The maximum Gasteiger partial charge on any atom is 0.133 e. The summed E-state index contributed by atoms with van der Waals surface area (Å²) < 4.78 is 4.15. The maximum absolute atomic E-state index is 6.24. The molecule has 0 aliphatic heterocycles. The van der Waals surface area contributed by atoms with Crippen molar-refractivity contribution in [2.24, 2.45) is 7.05 Å². The zero-order chi connectivity index (χ0) is 12.0. The van der Waals surface area contributed by atoms with Gasteiger partial charge in [-0.1, -0.05) is 6.92 Å². The van der Waals surface area contributed by atoms with Gasteiger partial charge in [0.05, 0.1) is 18.2 Å². The smallest absolute Gasteiger partial charge is 0.133 e. The van der Waals surface area contributed by atoms with Crippen LogP contribution in [-0.2, 0) is 13.5 Å². The molecule has 0 saturated heterocycles. The summed E-state index contributed by atoms with van der Waals surface area (Å²) in [5, 5.41) is 0. The zero-order valence-electron chi connectivity index (χ0n) is 10.2. The summed E-state index contributed by atoms with van der Waals surface area (Å²) in [6.07, 6.45) is 6.95. The Hall–Kier alpha value is -1.78. The minimum atomic E-state index is 0.569. The lowest BCUT2D eigenvalue weighted by Crippen LogP contribution is -2.04. The van der Waals surface area contributed by atoms with Crippen molar-refractivity contribution in [3.8, 4) is 11.4 Å². The van der Waals surface area contributed by atoms with E-state index in [0.717, 1.165) is 29.5 Å². The first-order valence-electron chi connectivity index (χ1n) is 6.05. The summed E-state index contributed by atoms with van der Waals surface area (Å²) in [4.78, 5) is 8.79. The van der Waals surface area contributed by atoms with E-state index in [1.807, 2.05) is 17.8 Å². The first kappa shape index (κ1) is 10.4. The van der Waals surface area contributed by atoms with Gasteiger partial charge in [-0.2, -0.15) is 0 Å². The Morgan fingerprint density at radius 2 is 2.24 bits per heavy atom. The van der Waals surface area contributed by atoms with Crippen molar-refractivity contribution in [2.45, 2.75) is 32.2 Å². The van der Waals surface area contributed by atoms with E-state index in [-0.39, 0.29) is 0 Å². The van der Waals surface area contributed by atoms with Gasteiger partial charge in [0, 0.05) is 19.5 Å². The molecule has 1 aliphatic rings. The van der Waals surface area contributed by atoms with Crippen LogP contribution in [0.4, 0.5) is 5.82 Å². The Morgan fingerprint density at radius 1 is 1.47 bits per heavy atom. The van der Waals surface area contributed by atoms with E-state index in [1.165, 1.54) is 12.8 Å². The molecule has 1 aliphatic carbocycles. The summed E-state index contributed by atoms with van der Waals surface area (Å²) >= 11 is 0. The fourth-order valence-electron chi connectivity index (χ4n) is 2.26. The predicted octanol–water partition coefficient (Wildman–Crippen LogP) is 1.76. The topological polar surface area (TPSA) is 61.7 Å². The van der Waals surface area contributed by atoms with Crippen molar-refractivity contribution in [1.29, 1.82) is 0 Å². The molecule has 0 amide bonds. The van der Waals surface area contributed by atoms with Crippen molar-refractivity contribution in [3.05, 3.63) is 18.3 Å². The van der Waals surface area contributed by atoms with Crippen molar-refractivity contribution in [3.63, 3.8) is 0 Å². The number of nitrogens with zero attached hydrogens (tertiary/aromatic N) is 4. The molecule has 0 spiro atoms. The second-order valence-electron chi connectivity index (χ2n) is 4.61. The molecule has 0 unspecified atom stereocenters. The monoisotopic (exact) mass is 231 g/mol. The van der Waals surface area contributed by atoms with Crippen molar-refractivity contribution in [2.75, 3.05) is 5.73 Å². The second kappa shape index (κ2) is 3.61. The lowest BCUT2D eigenvalue weighted by Gasteiger charge is -2.06. The average Bonchev–Trinajstić information content (AvgIpc) is 2.98. The number of nitrogen functional groups attached to an aromatic ring is 1. The van der Waals surface area contributed by atoms with Crippen molar-refractivity contribution < 1.29 is 0 Å². The molecule has 0 bridgehead atoms. The van der Waals surface area contributed by atoms with Gasteiger partial charge in [0.15, 0.2) is 0 Å². The number of aryl methyl sites for hydroxylation is 2. The number of rotatable bonds is 3. The molecule has 0 radical (unpaired) electrons. The quantitative estimate of drug-likeness (QED) is 0.875. The molecule has 0 aromatic carbocycles. The van der Waals surface area contributed by atoms with Gasteiger partial charge in [0.1, 0.15) is 17.3 Å². The van der Waals surface area contributed by atoms with Crippen LogP contribution in [-0.4, -0.2) is 19.1 Å². The maximum atomic E-state index is 6.24. The average molecular weight is 231 g/mol. The highest BCUT2D eigenvalue weighted by Crippen LogP contribution is 2.40. The predicted molar refractivity (Wildman–Crippen MR) is 66.5 cm³/mol. The van der Waals surface area contributed by atoms with E-state index >= 15 is 0 Å². The molecule has 2 aromatic heterocycles. The highest BCUT2D eigenvalue weighted by molar-refractivity contribution is 5.68. The highest BCUT2D eigenvalue weighted by Gasteiger charge is 2.29. The van der Waals surface area contributed by atoms with Gasteiger partial charge in [-0.3, -0.25) is 0 Å². The van der Waals surface area contributed by atoms with E-state index in [4.69, 9.17) is 5.73 Å². The molecule has 2 aromatic rings. The minimum Gasteiger partial charge on any atom is -0.383 e. The Labute approximate surface area is 100 Å². The normalized spacial score (nSPS) is 15.4. The summed E-state index contributed by atoms with van der Waals surface area (Å²) in [6, 6.07) is 0.569. The zero-order valence-corrected chi connectivity index (χ0v) is 10.2. The Morgan fingerprint density at radius 3 is 2.76 bits per heavy atom. The number of aromatic nitrogens is 4. The molecular weight excluding hydrogens is 214 g/mol. The fraction of sp³-hybridized carbons (Fsp3) is 0.500. The molecule has 3 rings (SSSR count). The summed E-state index contributed by atoms with van der Waals surface area (Å²) in [6.45, 7) is 2.12. The van der Waals surface area contributed by atoms with Gasteiger partial charge >= 0.3 is 0 Å². The number of anilines is 1. The van der Waals surface area contributed by atoms with Crippen LogP contribution in [0.2, 0.25) is 0 Å². The van der Waals surface area contributed by atoms with Crippen LogP contribution >= 0.6 is 0 Å². The number of hydrogen-bond acceptors (Lipinski definition) is 3. The summed E-state index contributed by atoms with van der Waals surface area (Å²) in [5.41, 5.74) is 8.09. The lowest BCUT2D eigenvalue weighted by atomic mass is 10.3. The largest absolute Gasteiger partial charge is 0.383 e. The second-order valence-corrected chi connectivity index (χ2v) is 4.61. The Kier molecular flexibility index (Phi) is 2.21. The molecule has 2 heterocycles. The molecule has 2 N–H and O–H groups in total. The lowest BCUT2D eigenvalue weighted by molar-refractivity contribution is 0.696. The number of hydrogen-bond donors (Lipinski definition) is 1. The molecule has 1 fully saturated rings. The Balaban J connectivity index is 2.15. The van der Waals surface area contributed by atoms with E-state index < -0.39 is 0 Å². The van der Waals surface area contributed by atoms with Gasteiger partial charge in [-0.05, 0) is 12.8 Å². The third-order valence-corrected chi connectivity index (χ3v) is 3.31. The highest BCUT2D eigenvalue weighted by atomic mass is 15.2. The van der Waals surface area contributed by atoms with Crippen molar-refractivity contribution in [1.82, 2.24) is 19.1 Å². The molecular formula is C12H17N5. The SMILES string of the molecule is CCc1nc(-c2cncn2C)c(N)n1C1CC1. The van der Waals surface area contributed by atoms with Crippen LogP contribution < -0.4 is 5.73 Å². The molecule has 17 heavy (non-hydrogen) atoms. The number of imidazole rings is 2. The fourth-order valence-corrected chi connectivity index (χ4v) is 2.26. The van der Waals surface area contributed by atoms with Crippen LogP contribution in [0.15, 0.2) is 12.5 Å². The van der Waals surface area contributed by atoms with Gasteiger partial charge in [0.2, 0.25) is 0 Å². The van der Waals surface area contributed by atoms with E-state index in [1.54, 1.807) is 6.33 Å².